The fourth-order valence-corrected chi connectivity index (χ4v) is 1.47. The summed E-state index contributed by atoms with van der Waals surface area (Å²) in [6.45, 7) is 5.85. The van der Waals surface area contributed by atoms with Gasteiger partial charge in [0.2, 0.25) is 5.91 Å². The van der Waals surface area contributed by atoms with Crippen LogP contribution >= 0.6 is 0 Å². The van der Waals surface area contributed by atoms with Gasteiger partial charge in [-0.25, -0.2) is 4.79 Å². The first-order chi connectivity index (χ1) is 8.06. The summed E-state index contributed by atoms with van der Waals surface area (Å²) in [7, 11) is 1.47. The summed E-state index contributed by atoms with van der Waals surface area (Å²) in [6.07, 6.45) is 2.07. The second-order valence-electron chi connectivity index (χ2n) is 3.92. The molecule has 0 aromatic heterocycles. The minimum absolute atomic E-state index is 0.297. The zero-order valence-corrected chi connectivity index (χ0v) is 11.0. The summed E-state index contributed by atoms with van der Waals surface area (Å²) in [5.74, 6) is -0.297. The van der Waals surface area contributed by atoms with Gasteiger partial charge in [-0.05, 0) is 19.9 Å². The van der Waals surface area contributed by atoms with Crippen molar-refractivity contribution in [2.45, 2.75) is 32.7 Å². The highest BCUT2D eigenvalue weighted by molar-refractivity contribution is 5.96. The standard InChI is InChI=1S/C11H24N4O2/c1-4-5-7-15(8-6-12)9(2)10(16)14-11(17)13-3/h9H,4-8,12H2,1-3H3,(H2,13,14,16,17). The Hall–Kier alpha value is -1.14. The highest BCUT2D eigenvalue weighted by Gasteiger charge is 2.21. The minimum Gasteiger partial charge on any atom is -0.341 e. The molecule has 0 spiro atoms. The van der Waals surface area contributed by atoms with E-state index in [1.54, 1.807) is 6.92 Å². The van der Waals surface area contributed by atoms with E-state index in [2.05, 4.69) is 17.6 Å². The summed E-state index contributed by atoms with van der Waals surface area (Å²) < 4.78 is 0. The number of unbranched alkanes of at least 4 members (excludes halogenated alkanes) is 1. The molecule has 0 aromatic rings. The second-order valence-corrected chi connectivity index (χ2v) is 3.92. The largest absolute Gasteiger partial charge is 0.341 e. The number of carbonyl (C=O) groups excluding carboxylic acids is 2. The highest BCUT2D eigenvalue weighted by Crippen LogP contribution is 2.01. The molecule has 100 valence electrons. The molecule has 4 N–H and O–H groups in total. The van der Waals surface area contributed by atoms with Crippen LogP contribution in [0.4, 0.5) is 4.79 Å². The molecule has 0 aliphatic rings. The summed E-state index contributed by atoms with van der Waals surface area (Å²) >= 11 is 0. The molecule has 0 rings (SSSR count). The summed E-state index contributed by atoms with van der Waals surface area (Å²) in [5, 5.41) is 4.62. The number of nitrogens with two attached hydrogens (primary N) is 1. The van der Waals surface area contributed by atoms with Crippen molar-refractivity contribution in [3.8, 4) is 0 Å². The third-order valence-corrected chi connectivity index (χ3v) is 2.61. The maximum atomic E-state index is 11.7. The lowest BCUT2D eigenvalue weighted by Gasteiger charge is -2.27. The molecule has 0 saturated carbocycles. The number of hydrogen-bond donors (Lipinski definition) is 3. The Kier molecular flexibility index (Phi) is 8.35. The molecule has 3 amide bonds. The van der Waals surface area contributed by atoms with E-state index in [0.29, 0.717) is 13.1 Å². The van der Waals surface area contributed by atoms with E-state index in [9.17, 15) is 9.59 Å². The van der Waals surface area contributed by atoms with Crippen molar-refractivity contribution in [1.82, 2.24) is 15.5 Å². The van der Waals surface area contributed by atoms with Crippen LogP contribution in [0.5, 0.6) is 0 Å². The van der Waals surface area contributed by atoms with E-state index in [1.807, 2.05) is 4.90 Å². The highest BCUT2D eigenvalue weighted by atomic mass is 16.2. The van der Waals surface area contributed by atoms with Crippen molar-refractivity contribution in [1.29, 1.82) is 0 Å². The van der Waals surface area contributed by atoms with Gasteiger partial charge in [0.05, 0.1) is 6.04 Å². The lowest BCUT2D eigenvalue weighted by atomic mass is 10.2. The average molecular weight is 244 g/mol. The van der Waals surface area contributed by atoms with E-state index in [0.717, 1.165) is 19.4 Å². The van der Waals surface area contributed by atoms with E-state index < -0.39 is 6.03 Å². The summed E-state index contributed by atoms with van der Waals surface area (Å²) in [4.78, 5) is 24.8. The van der Waals surface area contributed by atoms with Gasteiger partial charge in [0.1, 0.15) is 0 Å². The topological polar surface area (TPSA) is 87.5 Å². The first-order valence-electron chi connectivity index (χ1n) is 6.03. The first-order valence-corrected chi connectivity index (χ1v) is 6.03. The maximum absolute atomic E-state index is 11.7. The fourth-order valence-electron chi connectivity index (χ4n) is 1.47. The maximum Gasteiger partial charge on any atom is 0.321 e. The van der Waals surface area contributed by atoms with Crippen LogP contribution in [0.15, 0.2) is 0 Å². The van der Waals surface area contributed by atoms with Crippen molar-refractivity contribution in [3.63, 3.8) is 0 Å². The van der Waals surface area contributed by atoms with Crippen LogP contribution in [0.2, 0.25) is 0 Å². The normalized spacial score (nSPS) is 12.3. The van der Waals surface area contributed by atoms with Crippen LogP contribution in [0.3, 0.4) is 0 Å². The fraction of sp³-hybridized carbons (Fsp3) is 0.818. The van der Waals surface area contributed by atoms with Crippen LogP contribution in [-0.2, 0) is 4.79 Å². The molecule has 0 saturated heterocycles. The van der Waals surface area contributed by atoms with Gasteiger partial charge in [0.15, 0.2) is 0 Å². The molecule has 0 heterocycles. The van der Waals surface area contributed by atoms with Crippen molar-refractivity contribution >= 4 is 11.9 Å². The van der Waals surface area contributed by atoms with E-state index in [4.69, 9.17) is 5.73 Å². The molecule has 1 unspecified atom stereocenters. The molecule has 0 fully saturated rings. The minimum atomic E-state index is -0.481. The van der Waals surface area contributed by atoms with Gasteiger partial charge in [0, 0.05) is 20.1 Å². The Balaban J connectivity index is 4.31. The molecule has 0 bridgehead atoms. The Labute approximate surface area is 103 Å². The van der Waals surface area contributed by atoms with E-state index in [-0.39, 0.29) is 11.9 Å². The van der Waals surface area contributed by atoms with Gasteiger partial charge >= 0.3 is 6.03 Å². The van der Waals surface area contributed by atoms with Crippen LogP contribution in [-0.4, -0.2) is 49.6 Å². The van der Waals surface area contributed by atoms with Crippen molar-refractivity contribution in [3.05, 3.63) is 0 Å². The molecule has 0 aliphatic heterocycles. The molecular weight excluding hydrogens is 220 g/mol. The SMILES string of the molecule is CCCCN(CCN)C(C)C(=O)NC(=O)NC. The molecule has 0 aromatic carbocycles. The van der Waals surface area contributed by atoms with Crippen LogP contribution in [0.25, 0.3) is 0 Å². The zero-order valence-electron chi connectivity index (χ0n) is 11.0. The number of hydrogen-bond acceptors (Lipinski definition) is 4. The molecule has 6 nitrogen and oxygen atoms in total. The van der Waals surface area contributed by atoms with Crippen molar-refractivity contribution in [2.24, 2.45) is 5.73 Å². The smallest absolute Gasteiger partial charge is 0.321 e. The van der Waals surface area contributed by atoms with E-state index >= 15 is 0 Å². The van der Waals surface area contributed by atoms with Gasteiger partial charge in [-0.15, -0.1) is 0 Å². The Morgan fingerprint density at radius 2 is 2.00 bits per heavy atom. The molecular formula is C11H24N4O2. The van der Waals surface area contributed by atoms with Crippen molar-refractivity contribution in [2.75, 3.05) is 26.7 Å². The van der Waals surface area contributed by atoms with Gasteiger partial charge in [-0.2, -0.15) is 0 Å². The zero-order chi connectivity index (χ0) is 13.3. The predicted molar refractivity (Wildman–Crippen MR) is 67.6 cm³/mol. The number of rotatable bonds is 7. The van der Waals surface area contributed by atoms with Gasteiger partial charge in [-0.1, -0.05) is 13.3 Å². The van der Waals surface area contributed by atoms with Gasteiger partial charge in [-0.3, -0.25) is 15.0 Å². The molecule has 0 aliphatic carbocycles. The molecule has 17 heavy (non-hydrogen) atoms. The van der Waals surface area contributed by atoms with Crippen molar-refractivity contribution < 1.29 is 9.59 Å². The Morgan fingerprint density at radius 1 is 1.35 bits per heavy atom. The number of carbonyl (C=O) groups is 2. The van der Waals surface area contributed by atoms with Crippen LogP contribution in [0, 0.1) is 0 Å². The number of nitrogens with zero attached hydrogens (tertiary/aromatic N) is 1. The second kappa shape index (κ2) is 8.95. The lowest BCUT2D eigenvalue weighted by Crippen LogP contribution is -2.50. The van der Waals surface area contributed by atoms with E-state index in [1.165, 1.54) is 7.05 Å². The van der Waals surface area contributed by atoms with Crippen LogP contribution in [0.1, 0.15) is 26.7 Å². The third kappa shape index (κ3) is 6.23. The molecule has 6 heteroatoms. The lowest BCUT2D eigenvalue weighted by molar-refractivity contribution is -0.124. The summed E-state index contributed by atoms with van der Waals surface area (Å²) in [5.41, 5.74) is 5.51. The first kappa shape index (κ1) is 15.9. The Bertz CT molecular complexity index is 246. The quantitative estimate of drug-likeness (QED) is 0.583. The summed E-state index contributed by atoms with van der Waals surface area (Å²) in [6, 6.07) is -0.826. The molecule has 1 atom stereocenters. The monoisotopic (exact) mass is 244 g/mol. The molecule has 0 radical (unpaired) electrons. The third-order valence-electron chi connectivity index (χ3n) is 2.61. The average Bonchev–Trinajstić information content (AvgIpc) is 2.33. The number of urea groups is 1. The number of nitrogens with one attached hydrogen (secondary N) is 2. The number of amides is 3. The Morgan fingerprint density at radius 3 is 2.47 bits per heavy atom. The van der Waals surface area contributed by atoms with Gasteiger partial charge < -0.3 is 11.1 Å². The van der Waals surface area contributed by atoms with Crippen LogP contribution < -0.4 is 16.4 Å². The number of imide groups is 1. The predicted octanol–water partition coefficient (Wildman–Crippen LogP) is -0.109. The van der Waals surface area contributed by atoms with Gasteiger partial charge in [0.25, 0.3) is 0 Å².